The van der Waals surface area contributed by atoms with Crippen LogP contribution in [0.15, 0.2) is 66.0 Å². The second-order valence-electron chi connectivity index (χ2n) is 6.57. The molecule has 0 aliphatic carbocycles. The second-order valence-corrected chi connectivity index (χ2v) is 7.55. The number of para-hydroxylation sites is 2. The molecule has 140 valence electrons. The Hall–Kier alpha value is -2.63. The van der Waals surface area contributed by atoms with E-state index in [1.165, 1.54) is 16.0 Å². The molecule has 0 bridgehead atoms. The smallest absolute Gasteiger partial charge is 0.282 e. The molecular formula is C22H25N2O2S+. The number of quaternary nitrogens is 1. The Morgan fingerprint density at radius 2 is 1.81 bits per heavy atom. The van der Waals surface area contributed by atoms with Crippen molar-refractivity contribution in [3.8, 4) is 5.75 Å². The summed E-state index contributed by atoms with van der Waals surface area (Å²) in [6, 6.07) is 20.0. The van der Waals surface area contributed by atoms with E-state index in [1.807, 2.05) is 31.2 Å². The van der Waals surface area contributed by atoms with Gasteiger partial charge in [-0.3, -0.25) is 4.79 Å². The lowest BCUT2D eigenvalue weighted by Crippen LogP contribution is -2.92. The highest BCUT2D eigenvalue weighted by Crippen LogP contribution is 2.24. The average molecular weight is 382 g/mol. The van der Waals surface area contributed by atoms with Crippen molar-refractivity contribution in [1.29, 1.82) is 0 Å². The molecule has 5 heteroatoms. The van der Waals surface area contributed by atoms with Gasteiger partial charge in [-0.2, -0.15) is 0 Å². The number of rotatable bonds is 7. The highest BCUT2D eigenvalue weighted by atomic mass is 32.1. The molecule has 0 aliphatic rings. The lowest BCUT2D eigenvalue weighted by atomic mass is 10.0. The number of ether oxygens (including phenoxy) is 1. The number of nitrogens with two attached hydrogens (primary N) is 1. The molecule has 1 amide bonds. The fraction of sp³-hybridized carbons (Fsp3) is 0.227. The second kappa shape index (κ2) is 8.84. The van der Waals surface area contributed by atoms with Gasteiger partial charge in [0.15, 0.2) is 6.04 Å². The molecule has 1 aromatic heterocycles. The third-order valence-electron chi connectivity index (χ3n) is 4.55. The molecule has 0 saturated heterocycles. The van der Waals surface area contributed by atoms with E-state index in [0.29, 0.717) is 11.4 Å². The molecule has 0 aliphatic heterocycles. The number of thiophene rings is 1. The molecule has 2 atom stereocenters. The fourth-order valence-electron chi connectivity index (χ4n) is 2.98. The summed E-state index contributed by atoms with van der Waals surface area (Å²) >= 11 is 1.71. The van der Waals surface area contributed by atoms with Crippen LogP contribution in [0.25, 0.3) is 0 Å². The van der Waals surface area contributed by atoms with Crippen LogP contribution in [0.3, 0.4) is 0 Å². The van der Waals surface area contributed by atoms with Gasteiger partial charge < -0.3 is 15.4 Å². The van der Waals surface area contributed by atoms with E-state index >= 15 is 0 Å². The van der Waals surface area contributed by atoms with E-state index in [-0.39, 0.29) is 18.0 Å². The van der Waals surface area contributed by atoms with Crippen molar-refractivity contribution < 1.29 is 14.8 Å². The van der Waals surface area contributed by atoms with Crippen molar-refractivity contribution in [3.05, 3.63) is 82.0 Å². The minimum Gasteiger partial charge on any atom is -0.495 e. The van der Waals surface area contributed by atoms with Crippen LogP contribution in [0, 0.1) is 6.92 Å². The molecule has 1 heterocycles. The Kier molecular flexibility index (Phi) is 6.27. The summed E-state index contributed by atoms with van der Waals surface area (Å²) in [5.74, 6) is 0.611. The van der Waals surface area contributed by atoms with Gasteiger partial charge in [0.25, 0.3) is 5.91 Å². The maximum absolute atomic E-state index is 12.8. The molecule has 3 rings (SSSR count). The van der Waals surface area contributed by atoms with Gasteiger partial charge in [0.05, 0.1) is 17.7 Å². The molecule has 0 fully saturated rings. The highest BCUT2D eigenvalue weighted by molar-refractivity contribution is 7.10. The van der Waals surface area contributed by atoms with Gasteiger partial charge in [-0.15, -0.1) is 11.3 Å². The summed E-state index contributed by atoms with van der Waals surface area (Å²) in [7, 11) is 1.60. The zero-order valence-electron chi connectivity index (χ0n) is 15.8. The van der Waals surface area contributed by atoms with Gasteiger partial charge in [-0.25, -0.2) is 0 Å². The van der Waals surface area contributed by atoms with Crippen molar-refractivity contribution in [2.24, 2.45) is 0 Å². The van der Waals surface area contributed by atoms with Crippen molar-refractivity contribution in [3.63, 3.8) is 0 Å². The average Bonchev–Trinajstić information content (AvgIpc) is 3.21. The Balaban J connectivity index is 1.77. The molecule has 3 aromatic rings. The lowest BCUT2D eigenvalue weighted by molar-refractivity contribution is -0.703. The molecule has 0 radical (unpaired) electrons. The third-order valence-corrected chi connectivity index (χ3v) is 5.50. The fourth-order valence-corrected chi connectivity index (χ4v) is 3.82. The predicted octanol–water partition coefficient (Wildman–Crippen LogP) is 3.75. The lowest BCUT2D eigenvalue weighted by Gasteiger charge is -2.20. The van der Waals surface area contributed by atoms with Gasteiger partial charge in [0.1, 0.15) is 11.8 Å². The van der Waals surface area contributed by atoms with E-state index in [9.17, 15) is 4.79 Å². The standard InChI is InChI=1S/C22H24N2O2S/c1-15-10-12-17(13-11-15)21(20-9-6-14-27-20)23-16(2)22(25)24-18-7-4-5-8-19(18)26-3/h4-14,16,21,23H,1-3H3,(H,24,25)/p+1/t16-,21+/m1/s1. The van der Waals surface area contributed by atoms with Crippen LogP contribution in [0.5, 0.6) is 5.75 Å². The summed E-state index contributed by atoms with van der Waals surface area (Å²) in [4.78, 5) is 14.0. The Bertz CT molecular complexity index is 876. The molecular weight excluding hydrogens is 356 g/mol. The SMILES string of the molecule is COc1ccccc1NC(=O)[C@@H](C)[NH2+][C@@H](c1ccc(C)cc1)c1cccs1. The van der Waals surface area contributed by atoms with Crippen molar-refractivity contribution in [2.45, 2.75) is 25.9 Å². The number of hydrogen-bond acceptors (Lipinski definition) is 3. The van der Waals surface area contributed by atoms with E-state index in [1.54, 1.807) is 18.4 Å². The summed E-state index contributed by atoms with van der Waals surface area (Å²) in [5.41, 5.74) is 3.11. The molecule has 0 saturated carbocycles. The molecule has 4 nitrogen and oxygen atoms in total. The van der Waals surface area contributed by atoms with Gasteiger partial charge in [-0.05, 0) is 37.4 Å². The largest absolute Gasteiger partial charge is 0.495 e. The van der Waals surface area contributed by atoms with E-state index < -0.39 is 0 Å². The number of carbonyl (C=O) groups excluding carboxylic acids is 1. The number of methoxy groups -OCH3 is 1. The molecule has 27 heavy (non-hydrogen) atoms. The van der Waals surface area contributed by atoms with Crippen LogP contribution < -0.4 is 15.4 Å². The summed E-state index contributed by atoms with van der Waals surface area (Å²) in [5, 5.41) is 7.17. The maximum atomic E-state index is 12.8. The molecule has 0 spiro atoms. The number of amides is 1. The van der Waals surface area contributed by atoms with Crippen LogP contribution in [0.1, 0.15) is 29.0 Å². The first-order valence-corrected chi connectivity index (χ1v) is 9.85. The first-order chi connectivity index (χ1) is 13.1. The Morgan fingerprint density at radius 1 is 1.07 bits per heavy atom. The summed E-state index contributed by atoms with van der Waals surface area (Å²) < 4.78 is 5.32. The van der Waals surface area contributed by atoms with Crippen molar-refractivity contribution >= 4 is 22.9 Å². The summed E-state index contributed by atoms with van der Waals surface area (Å²) in [6.45, 7) is 4.01. The number of nitrogens with one attached hydrogen (secondary N) is 1. The number of hydrogen-bond donors (Lipinski definition) is 2. The zero-order valence-corrected chi connectivity index (χ0v) is 16.6. The van der Waals surface area contributed by atoms with Crippen LogP contribution in [-0.2, 0) is 4.79 Å². The van der Waals surface area contributed by atoms with Gasteiger partial charge in [-0.1, -0.05) is 48.0 Å². The minimum atomic E-state index is -0.261. The number of anilines is 1. The highest BCUT2D eigenvalue weighted by Gasteiger charge is 2.26. The quantitative estimate of drug-likeness (QED) is 0.655. The Labute approximate surface area is 164 Å². The third kappa shape index (κ3) is 4.76. The first-order valence-electron chi connectivity index (χ1n) is 8.97. The van der Waals surface area contributed by atoms with E-state index in [4.69, 9.17) is 4.74 Å². The van der Waals surface area contributed by atoms with E-state index in [2.05, 4.69) is 59.3 Å². The summed E-state index contributed by atoms with van der Waals surface area (Å²) in [6.07, 6.45) is 0. The van der Waals surface area contributed by atoms with Crippen LogP contribution in [0.4, 0.5) is 5.69 Å². The minimum absolute atomic E-state index is 0.0480. The van der Waals surface area contributed by atoms with Gasteiger partial charge in [0, 0.05) is 5.56 Å². The number of benzene rings is 2. The topological polar surface area (TPSA) is 54.9 Å². The van der Waals surface area contributed by atoms with Crippen molar-refractivity contribution in [1.82, 2.24) is 0 Å². The zero-order chi connectivity index (χ0) is 19.2. The maximum Gasteiger partial charge on any atom is 0.282 e. The monoisotopic (exact) mass is 381 g/mol. The Morgan fingerprint density at radius 3 is 2.48 bits per heavy atom. The van der Waals surface area contributed by atoms with Crippen LogP contribution in [-0.4, -0.2) is 19.1 Å². The first kappa shape index (κ1) is 19.1. The van der Waals surface area contributed by atoms with Crippen molar-refractivity contribution in [2.75, 3.05) is 12.4 Å². The normalized spacial score (nSPS) is 13.0. The van der Waals surface area contributed by atoms with Gasteiger partial charge >= 0.3 is 0 Å². The molecule has 3 N–H and O–H groups in total. The van der Waals surface area contributed by atoms with Crippen LogP contribution in [0.2, 0.25) is 0 Å². The number of aryl methyl sites for hydroxylation is 1. The molecule has 0 unspecified atom stereocenters. The van der Waals surface area contributed by atoms with Crippen LogP contribution >= 0.6 is 11.3 Å². The predicted molar refractivity (Wildman–Crippen MR) is 110 cm³/mol. The van der Waals surface area contributed by atoms with Gasteiger partial charge in [0.2, 0.25) is 0 Å². The number of carbonyl (C=O) groups is 1. The molecule has 2 aromatic carbocycles. The van der Waals surface area contributed by atoms with E-state index in [0.717, 1.165) is 0 Å².